The van der Waals surface area contributed by atoms with E-state index in [1.54, 1.807) is 19.2 Å². The highest BCUT2D eigenvalue weighted by Crippen LogP contribution is 2.24. The van der Waals surface area contributed by atoms with Gasteiger partial charge in [0.25, 0.3) is 11.8 Å². The summed E-state index contributed by atoms with van der Waals surface area (Å²) in [5.74, 6) is 0.988. The van der Waals surface area contributed by atoms with Gasteiger partial charge in [0.15, 0.2) is 5.76 Å². The zero-order chi connectivity index (χ0) is 22.5. The number of hydrogen-bond acceptors (Lipinski definition) is 5. The molecular formula is C23H28N4O4. The van der Waals surface area contributed by atoms with Gasteiger partial charge in [-0.15, -0.1) is 0 Å². The lowest BCUT2D eigenvalue weighted by Gasteiger charge is -2.10. The van der Waals surface area contributed by atoms with Gasteiger partial charge in [0.2, 0.25) is 0 Å². The molecule has 2 aromatic heterocycles. The number of furan rings is 1. The fraction of sp³-hybridized carbons (Fsp3) is 0.348. The van der Waals surface area contributed by atoms with Crippen molar-refractivity contribution >= 4 is 17.5 Å². The van der Waals surface area contributed by atoms with E-state index in [1.807, 2.05) is 45.9 Å². The number of aromatic nitrogens is 2. The lowest BCUT2D eigenvalue weighted by Crippen LogP contribution is -2.30. The molecule has 0 unspecified atom stereocenters. The van der Waals surface area contributed by atoms with E-state index < -0.39 is 5.91 Å². The second-order valence-electron chi connectivity index (χ2n) is 7.86. The molecule has 1 aromatic carbocycles. The van der Waals surface area contributed by atoms with Gasteiger partial charge in [0.1, 0.15) is 23.8 Å². The van der Waals surface area contributed by atoms with Crippen molar-refractivity contribution in [1.29, 1.82) is 0 Å². The van der Waals surface area contributed by atoms with Gasteiger partial charge < -0.3 is 19.8 Å². The van der Waals surface area contributed by atoms with Crippen LogP contribution in [0.1, 0.15) is 51.8 Å². The first kappa shape index (κ1) is 22.1. The van der Waals surface area contributed by atoms with Crippen LogP contribution in [0.25, 0.3) is 0 Å². The van der Waals surface area contributed by atoms with Crippen molar-refractivity contribution in [2.75, 3.05) is 11.9 Å². The van der Waals surface area contributed by atoms with Crippen LogP contribution in [0, 0.1) is 19.8 Å². The van der Waals surface area contributed by atoms with Crippen molar-refractivity contribution in [3.05, 3.63) is 64.9 Å². The molecule has 0 atom stereocenters. The zero-order valence-electron chi connectivity index (χ0n) is 18.5. The average Bonchev–Trinajstić information content (AvgIpc) is 3.33. The second-order valence-corrected chi connectivity index (χ2v) is 7.86. The number of rotatable bonds is 8. The third-order valence-corrected chi connectivity index (χ3v) is 4.73. The Labute approximate surface area is 181 Å². The molecule has 31 heavy (non-hydrogen) atoms. The molecule has 0 bridgehead atoms. The van der Waals surface area contributed by atoms with E-state index >= 15 is 0 Å². The van der Waals surface area contributed by atoms with Crippen molar-refractivity contribution in [2.24, 2.45) is 13.0 Å². The van der Waals surface area contributed by atoms with Crippen molar-refractivity contribution in [1.82, 2.24) is 15.1 Å². The molecule has 0 spiro atoms. The van der Waals surface area contributed by atoms with Crippen LogP contribution in [0.15, 0.2) is 40.9 Å². The predicted octanol–water partition coefficient (Wildman–Crippen LogP) is 3.85. The quantitative estimate of drug-likeness (QED) is 0.572. The molecule has 2 amide bonds. The number of nitrogens with zero attached hydrogens (tertiary/aromatic N) is 2. The smallest absolute Gasteiger partial charge is 0.291 e. The zero-order valence-corrected chi connectivity index (χ0v) is 18.5. The third kappa shape index (κ3) is 5.33. The Hall–Kier alpha value is -3.55. The summed E-state index contributed by atoms with van der Waals surface area (Å²) in [6.07, 6.45) is 1.44. The maximum absolute atomic E-state index is 12.6. The molecule has 0 aliphatic carbocycles. The van der Waals surface area contributed by atoms with Gasteiger partial charge in [-0.05, 0) is 43.0 Å². The summed E-state index contributed by atoms with van der Waals surface area (Å²) in [6.45, 7) is 8.70. The first-order valence-corrected chi connectivity index (χ1v) is 10.2. The lowest BCUT2D eigenvalue weighted by atomic mass is 10.1. The third-order valence-electron chi connectivity index (χ3n) is 4.73. The predicted molar refractivity (Wildman–Crippen MR) is 117 cm³/mol. The Morgan fingerprint density at radius 2 is 1.84 bits per heavy atom. The van der Waals surface area contributed by atoms with Crippen molar-refractivity contribution in [3.63, 3.8) is 0 Å². The van der Waals surface area contributed by atoms with Crippen LogP contribution in [0.3, 0.4) is 0 Å². The number of para-hydroxylation sites is 1. The molecule has 0 fully saturated rings. The van der Waals surface area contributed by atoms with E-state index in [-0.39, 0.29) is 24.0 Å². The monoisotopic (exact) mass is 424 g/mol. The normalized spacial score (nSPS) is 10.9. The van der Waals surface area contributed by atoms with Gasteiger partial charge in [0.05, 0.1) is 11.9 Å². The van der Waals surface area contributed by atoms with Crippen molar-refractivity contribution in [3.8, 4) is 5.75 Å². The molecular weight excluding hydrogens is 396 g/mol. The Morgan fingerprint density at radius 3 is 2.52 bits per heavy atom. The van der Waals surface area contributed by atoms with Gasteiger partial charge in [-0.3, -0.25) is 14.3 Å². The van der Waals surface area contributed by atoms with Crippen LogP contribution in [0.4, 0.5) is 5.69 Å². The van der Waals surface area contributed by atoms with Crippen molar-refractivity contribution < 1.29 is 18.7 Å². The molecule has 0 saturated carbocycles. The molecule has 8 nitrogen and oxygen atoms in total. The molecule has 3 rings (SSSR count). The molecule has 2 N–H and O–H groups in total. The largest absolute Gasteiger partial charge is 0.485 e. The van der Waals surface area contributed by atoms with E-state index in [0.29, 0.717) is 23.9 Å². The molecule has 8 heteroatoms. The highest BCUT2D eigenvalue weighted by molar-refractivity contribution is 6.07. The number of carbonyl (C=O) groups excluding carboxylic acids is 2. The molecule has 164 valence electrons. The SMILES string of the molecule is Cc1cccc(C)c1OCc1ccc(C(=O)Nc2cnn(C)c2C(=O)NCC(C)C)o1. The van der Waals surface area contributed by atoms with Crippen LogP contribution in [0.2, 0.25) is 0 Å². The fourth-order valence-electron chi connectivity index (χ4n) is 3.11. The summed E-state index contributed by atoms with van der Waals surface area (Å²) in [4.78, 5) is 25.1. The van der Waals surface area contributed by atoms with Gasteiger partial charge in [-0.1, -0.05) is 32.0 Å². The number of amides is 2. The molecule has 3 aromatic rings. The molecule has 0 aliphatic rings. The lowest BCUT2D eigenvalue weighted by molar-refractivity contribution is 0.0940. The summed E-state index contributed by atoms with van der Waals surface area (Å²) in [6, 6.07) is 9.20. The van der Waals surface area contributed by atoms with E-state index in [4.69, 9.17) is 9.15 Å². The average molecular weight is 425 g/mol. The number of ether oxygens (including phenoxy) is 1. The van der Waals surface area contributed by atoms with E-state index in [0.717, 1.165) is 16.9 Å². The number of nitrogens with one attached hydrogen (secondary N) is 2. The van der Waals surface area contributed by atoms with Crippen LogP contribution < -0.4 is 15.4 Å². The number of aryl methyl sites for hydroxylation is 3. The van der Waals surface area contributed by atoms with Gasteiger partial charge in [-0.25, -0.2) is 0 Å². The fourth-order valence-corrected chi connectivity index (χ4v) is 3.11. The summed E-state index contributed by atoms with van der Waals surface area (Å²) >= 11 is 0. The molecule has 0 aliphatic heterocycles. The van der Waals surface area contributed by atoms with Crippen LogP contribution in [-0.2, 0) is 13.7 Å². The summed E-state index contributed by atoms with van der Waals surface area (Å²) in [5, 5.41) is 9.62. The van der Waals surface area contributed by atoms with Crippen LogP contribution in [0.5, 0.6) is 5.75 Å². The van der Waals surface area contributed by atoms with Gasteiger partial charge >= 0.3 is 0 Å². The Bertz CT molecular complexity index is 1060. The van der Waals surface area contributed by atoms with Crippen molar-refractivity contribution in [2.45, 2.75) is 34.3 Å². The number of hydrogen-bond donors (Lipinski definition) is 2. The Balaban J connectivity index is 1.66. The summed E-state index contributed by atoms with van der Waals surface area (Å²) < 4.78 is 12.9. The first-order valence-electron chi connectivity index (χ1n) is 10.2. The molecule has 0 saturated heterocycles. The van der Waals surface area contributed by atoms with Crippen LogP contribution in [-0.4, -0.2) is 28.1 Å². The highest BCUT2D eigenvalue weighted by atomic mass is 16.5. The minimum Gasteiger partial charge on any atom is -0.485 e. The summed E-state index contributed by atoms with van der Waals surface area (Å²) in [7, 11) is 1.65. The maximum atomic E-state index is 12.6. The highest BCUT2D eigenvalue weighted by Gasteiger charge is 2.21. The molecule has 2 heterocycles. The Kier molecular flexibility index (Phi) is 6.79. The standard InChI is InChI=1S/C23H28N4O4/c1-14(2)11-24-23(29)20-18(12-25-27(20)5)26-22(28)19-10-9-17(31-19)13-30-21-15(3)7-6-8-16(21)4/h6-10,12,14H,11,13H2,1-5H3,(H,24,29)(H,26,28). The molecule has 0 radical (unpaired) electrons. The van der Waals surface area contributed by atoms with Gasteiger partial charge in [0, 0.05) is 13.6 Å². The topological polar surface area (TPSA) is 98.4 Å². The maximum Gasteiger partial charge on any atom is 0.291 e. The van der Waals surface area contributed by atoms with E-state index in [2.05, 4.69) is 15.7 Å². The number of anilines is 1. The van der Waals surface area contributed by atoms with Gasteiger partial charge in [-0.2, -0.15) is 5.10 Å². The van der Waals surface area contributed by atoms with E-state index in [9.17, 15) is 9.59 Å². The van der Waals surface area contributed by atoms with E-state index in [1.165, 1.54) is 10.9 Å². The number of carbonyl (C=O) groups is 2. The first-order chi connectivity index (χ1) is 14.8. The second kappa shape index (κ2) is 9.51. The van der Waals surface area contributed by atoms with Crippen LogP contribution >= 0.6 is 0 Å². The number of benzene rings is 1. The summed E-state index contributed by atoms with van der Waals surface area (Å²) in [5.41, 5.74) is 2.66. The Morgan fingerprint density at radius 1 is 1.13 bits per heavy atom. The minimum atomic E-state index is -0.468. The minimum absolute atomic E-state index is 0.123.